The summed E-state index contributed by atoms with van der Waals surface area (Å²) in [6.45, 7) is -0.438. The molecule has 60 valence electrons. The molecule has 0 saturated carbocycles. The Morgan fingerprint density at radius 3 is 2.73 bits per heavy atom. The molecule has 1 atom stereocenters. The largest absolute Gasteiger partial charge is 0.465 e. The van der Waals surface area contributed by atoms with Gasteiger partial charge in [-0.2, -0.15) is 0 Å². The number of carbonyl (C=O) groups excluding carboxylic acids is 2. The van der Waals surface area contributed by atoms with Gasteiger partial charge in [0.2, 0.25) is 13.7 Å². The number of hydrogen-bond acceptors (Lipinski definition) is 5. The number of ether oxygens (including phenoxy) is 2. The Morgan fingerprint density at radius 1 is 1.73 bits per heavy atom. The van der Waals surface area contributed by atoms with Gasteiger partial charge in [0.1, 0.15) is 6.61 Å². The topological polar surface area (TPSA) is 72.8 Å². The smallest absolute Gasteiger partial charge is 0.293 e. The zero-order valence-corrected chi connectivity index (χ0v) is 5.73. The van der Waals surface area contributed by atoms with Crippen LogP contribution in [-0.2, 0) is 14.3 Å². The van der Waals surface area contributed by atoms with Gasteiger partial charge in [0, 0.05) is 0 Å². The lowest BCUT2D eigenvalue weighted by Crippen LogP contribution is -2.26. The Kier molecular flexibility index (Phi) is 5.19. The second-order valence-corrected chi connectivity index (χ2v) is 1.67. The Morgan fingerprint density at radius 2 is 2.36 bits per heavy atom. The molecule has 0 aromatic heterocycles. The van der Waals surface area contributed by atoms with Crippen LogP contribution in [0.15, 0.2) is 0 Å². The first kappa shape index (κ1) is 9.96. The van der Waals surface area contributed by atoms with Crippen LogP contribution < -0.4 is 0 Å². The molecule has 0 fully saturated rings. The zero-order chi connectivity index (χ0) is 8.69. The summed E-state index contributed by atoms with van der Waals surface area (Å²) in [6.07, 6.45) is -0.877. The molecule has 0 heterocycles. The van der Waals surface area contributed by atoms with E-state index in [4.69, 9.17) is 5.11 Å². The van der Waals surface area contributed by atoms with Crippen LogP contribution >= 0.6 is 0 Å². The molecule has 0 aliphatic heterocycles. The van der Waals surface area contributed by atoms with Crippen molar-refractivity contribution in [2.45, 2.75) is 6.10 Å². The first-order valence-corrected chi connectivity index (χ1v) is 2.83. The molecule has 0 unspecified atom stereocenters. The van der Waals surface area contributed by atoms with Crippen LogP contribution in [0.3, 0.4) is 0 Å². The van der Waals surface area contributed by atoms with Crippen LogP contribution in [-0.4, -0.2) is 44.6 Å². The number of carbonyl (C=O) groups is 2. The lowest BCUT2D eigenvalue weighted by Gasteiger charge is -2.12. The summed E-state index contributed by atoms with van der Waals surface area (Å²) in [7, 11) is 4.62. The molecule has 0 aliphatic rings. The highest BCUT2D eigenvalue weighted by Gasteiger charge is 2.09. The van der Waals surface area contributed by atoms with Crippen LogP contribution in [0.2, 0.25) is 0 Å². The van der Waals surface area contributed by atoms with Gasteiger partial charge in [-0.3, -0.25) is 9.59 Å². The lowest BCUT2D eigenvalue weighted by molar-refractivity contribution is -0.132. The third kappa shape index (κ3) is 5.41. The van der Waals surface area contributed by atoms with Crippen LogP contribution in [0.1, 0.15) is 0 Å². The van der Waals surface area contributed by atoms with Crippen LogP contribution in [0.5, 0.6) is 0 Å². The molecule has 0 amide bonds. The van der Waals surface area contributed by atoms with Crippen molar-refractivity contribution in [3.8, 4) is 0 Å². The van der Waals surface area contributed by atoms with E-state index in [1.54, 1.807) is 0 Å². The Hall–Kier alpha value is -1.04. The number of hydrogen-bond donors (Lipinski definition) is 1. The first-order chi connectivity index (χ1) is 5.20. The highest BCUT2D eigenvalue weighted by atomic mass is 16.6. The van der Waals surface area contributed by atoms with Gasteiger partial charge in [0.05, 0.1) is 6.61 Å². The maximum absolute atomic E-state index is 10.1. The van der Waals surface area contributed by atoms with E-state index in [0.29, 0.717) is 0 Å². The minimum absolute atomic E-state index is 0.188. The van der Waals surface area contributed by atoms with E-state index < -0.39 is 18.6 Å². The summed E-state index contributed by atoms with van der Waals surface area (Å²) in [4.78, 5) is 19.7. The van der Waals surface area contributed by atoms with Crippen molar-refractivity contribution >= 4 is 20.2 Å². The molecule has 2 radical (unpaired) electrons. The summed E-state index contributed by atoms with van der Waals surface area (Å²) >= 11 is 0. The fourth-order valence-corrected chi connectivity index (χ4v) is 0.435. The monoisotopic (exact) mass is 158 g/mol. The zero-order valence-electron chi connectivity index (χ0n) is 5.73. The maximum atomic E-state index is 10.1. The van der Waals surface area contributed by atoms with Crippen molar-refractivity contribution in [2.24, 2.45) is 0 Å². The minimum atomic E-state index is -1.02. The summed E-state index contributed by atoms with van der Waals surface area (Å²) in [5.41, 5.74) is 0. The summed E-state index contributed by atoms with van der Waals surface area (Å²) in [5.74, 6) is -1.02. The van der Waals surface area contributed by atoms with Gasteiger partial charge in [-0.25, -0.2) is 0 Å². The number of rotatable bonds is 5. The van der Waals surface area contributed by atoms with Crippen molar-refractivity contribution in [2.75, 3.05) is 13.2 Å². The van der Waals surface area contributed by atoms with Gasteiger partial charge in [0.15, 0.2) is 6.10 Å². The van der Waals surface area contributed by atoms with Gasteiger partial charge in [-0.1, -0.05) is 0 Å². The van der Waals surface area contributed by atoms with E-state index in [1.807, 2.05) is 0 Å². The SMILES string of the molecule is [B]C(=O)O[C@@H](CO)COC=O. The molecular weight excluding hydrogens is 151 g/mol. The molecule has 0 saturated heterocycles. The van der Waals surface area contributed by atoms with E-state index in [-0.39, 0.29) is 13.1 Å². The maximum Gasteiger partial charge on any atom is 0.293 e. The quantitative estimate of drug-likeness (QED) is 0.402. The van der Waals surface area contributed by atoms with Gasteiger partial charge >= 0.3 is 0 Å². The summed E-state index contributed by atoms with van der Waals surface area (Å²) in [5, 5.41) is 8.47. The molecular formula is C5H7BO5. The van der Waals surface area contributed by atoms with Crippen molar-refractivity contribution in [3.63, 3.8) is 0 Å². The van der Waals surface area contributed by atoms with Crippen LogP contribution in [0.25, 0.3) is 0 Å². The third-order valence-corrected chi connectivity index (χ3v) is 0.837. The van der Waals surface area contributed by atoms with Gasteiger partial charge in [-0.05, 0) is 0 Å². The fourth-order valence-electron chi connectivity index (χ4n) is 0.435. The molecule has 5 nitrogen and oxygen atoms in total. The first-order valence-electron chi connectivity index (χ1n) is 2.83. The minimum Gasteiger partial charge on any atom is -0.465 e. The molecule has 0 aliphatic carbocycles. The van der Waals surface area contributed by atoms with Gasteiger partial charge in [-0.15, -0.1) is 0 Å². The van der Waals surface area contributed by atoms with Crippen molar-refractivity contribution in [1.82, 2.24) is 0 Å². The standard InChI is InChI=1S/C5H7BO5/c6-5(9)11-4(1-7)2-10-3-8/h3-4,7H,1-2H2/t4-/m0/s1. The van der Waals surface area contributed by atoms with E-state index in [0.717, 1.165) is 0 Å². The van der Waals surface area contributed by atoms with Gasteiger partial charge in [0.25, 0.3) is 6.47 Å². The Bertz CT molecular complexity index is 137. The van der Waals surface area contributed by atoms with Crippen molar-refractivity contribution < 1.29 is 24.2 Å². The Balaban J connectivity index is 3.57. The molecule has 0 aromatic carbocycles. The molecule has 0 spiro atoms. The molecule has 1 N–H and O–H groups in total. The molecule has 0 bridgehead atoms. The molecule has 0 rings (SSSR count). The number of aliphatic hydroxyl groups is 1. The summed E-state index contributed by atoms with van der Waals surface area (Å²) < 4.78 is 8.52. The van der Waals surface area contributed by atoms with Crippen LogP contribution in [0.4, 0.5) is 4.79 Å². The average Bonchev–Trinajstić information content (AvgIpc) is 1.97. The van der Waals surface area contributed by atoms with Crippen molar-refractivity contribution in [1.29, 1.82) is 0 Å². The van der Waals surface area contributed by atoms with Gasteiger partial charge < -0.3 is 14.6 Å². The predicted molar refractivity (Wildman–Crippen MR) is 35.1 cm³/mol. The Labute approximate surface area is 64.7 Å². The summed E-state index contributed by atoms with van der Waals surface area (Å²) in [6, 6.07) is 0. The second-order valence-electron chi connectivity index (χ2n) is 1.67. The molecule has 6 heteroatoms. The van der Waals surface area contributed by atoms with E-state index in [1.165, 1.54) is 0 Å². The van der Waals surface area contributed by atoms with Crippen molar-refractivity contribution in [3.05, 3.63) is 0 Å². The van der Waals surface area contributed by atoms with E-state index in [2.05, 4.69) is 17.3 Å². The van der Waals surface area contributed by atoms with E-state index in [9.17, 15) is 9.59 Å². The highest BCUT2D eigenvalue weighted by Crippen LogP contribution is 1.91. The second kappa shape index (κ2) is 5.73. The predicted octanol–water partition coefficient (Wildman–Crippen LogP) is -1.17. The molecule has 0 aromatic rings. The third-order valence-electron chi connectivity index (χ3n) is 0.837. The normalized spacial score (nSPS) is 11.7. The lowest BCUT2D eigenvalue weighted by atomic mass is 10.2. The molecule has 11 heavy (non-hydrogen) atoms. The average molecular weight is 158 g/mol. The fraction of sp³-hybridized carbons (Fsp3) is 0.600. The highest BCUT2D eigenvalue weighted by molar-refractivity contribution is 6.55. The number of aliphatic hydroxyl groups excluding tert-OH is 1. The van der Waals surface area contributed by atoms with Crippen LogP contribution in [0, 0.1) is 0 Å². The van der Waals surface area contributed by atoms with E-state index >= 15 is 0 Å².